The first kappa shape index (κ1) is 20.9. The third-order valence-electron chi connectivity index (χ3n) is 5.86. The number of carboxylic acids is 1. The number of carbonyl (C=O) groups excluding carboxylic acids is 1. The minimum atomic E-state index is -0.980. The molecule has 154 valence electrons. The van der Waals surface area contributed by atoms with E-state index in [1.807, 2.05) is 60.7 Å². The number of amides is 1. The molecule has 1 aliphatic carbocycles. The van der Waals surface area contributed by atoms with Gasteiger partial charge in [0.15, 0.2) is 0 Å². The Morgan fingerprint density at radius 2 is 1.59 bits per heavy atom. The standard InChI is InChI=1S/C24H30N2O3/c1-26(21(24(28)29)17-18-11-5-2-6-12-18)23(27)22(19-13-7-3-8-14-19)25-20-15-9-4-10-16-20/h2,4-6,9-12,15-16,19,21-22,25H,3,7-8,13-14,17H2,1H3,(H,28,29)/t21-,22?/m0/s1. The smallest absolute Gasteiger partial charge is 0.326 e. The van der Waals surface area contributed by atoms with Crippen molar-refractivity contribution in [3.63, 3.8) is 0 Å². The van der Waals surface area contributed by atoms with Crippen molar-refractivity contribution in [3.8, 4) is 0 Å². The minimum absolute atomic E-state index is 0.149. The SMILES string of the molecule is CN(C(=O)C(Nc1ccccc1)C1CCCCC1)[C@@H](Cc1ccccc1)C(=O)O. The number of nitrogens with one attached hydrogen (secondary N) is 1. The summed E-state index contributed by atoms with van der Waals surface area (Å²) >= 11 is 0. The van der Waals surface area contributed by atoms with Gasteiger partial charge in [-0.3, -0.25) is 4.79 Å². The number of para-hydroxylation sites is 1. The molecule has 0 radical (unpaired) electrons. The van der Waals surface area contributed by atoms with Crippen LogP contribution >= 0.6 is 0 Å². The lowest BCUT2D eigenvalue weighted by Gasteiger charge is -2.35. The molecule has 0 spiro atoms. The highest BCUT2D eigenvalue weighted by Crippen LogP contribution is 2.29. The van der Waals surface area contributed by atoms with Crippen LogP contribution in [0.15, 0.2) is 60.7 Å². The van der Waals surface area contributed by atoms with Gasteiger partial charge in [-0.1, -0.05) is 67.8 Å². The van der Waals surface area contributed by atoms with Gasteiger partial charge >= 0.3 is 5.97 Å². The van der Waals surface area contributed by atoms with E-state index in [2.05, 4.69) is 5.32 Å². The lowest BCUT2D eigenvalue weighted by Crippen LogP contribution is -2.52. The fraction of sp³-hybridized carbons (Fsp3) is 0.417. The van der Waals surface area contributed by atoms with Gasteiger partial charge in [-0.05, 0) is 36.5 Å². The van der Waals surface area contributed by atoms with E-state index >= 15 is 0 Å². The van der Waals surface area contributed by atoms with Gasteiger partial charge in [0.25, 0.3) is 0 Å². The minimum Gasteiger partial charge on any atom is -0.480 e. The van der Waals surface area contributed by atoms with Gasteiger partial charge in [0.2, 0.25) is 5.91 Å². The van der Waals surface area contributed by atoms with E-state index in [0.717, 1.165) is 36.9 Å². The molecule has 2 N–H and O–H groups in total. The molecule has 0 aromatic heterocycles. The predicted octanol–water partition coefficient (Wildman–Crippen LogP) is 4.20. The first-order valence-electron chi connectivity index (χ1n) is 10.4. The molecule has 2 aromatic carbocycles. The van der Waals surface area contributed by atoms with Gasteiger partial charge in [-0.15, -0.1) is 0 Å². The Morgan fingerprint density at radius 1 is 1.00 bits per heavy atom. The molecule has 0 heterocycles. The monoisotopic (exact) mass is 394 g/mol. The summed E-state index contributed by atoms with van der Waals surface area (Å²) in [6, 6.07) is 17.9. The van der Waals surface area contributed by atoms with Gasteiger partial charge < -0.3 is 15.3 Å². The third kappa shape index (κ3) is 5.59. The first-order valence-corrected chi connectivity index (χ1v) is 10.4. The van der Waals surface area contributed by atoms with Crippen molar-refractivity contribution >= 4 is 17.6 Å². The maximum Gasteiger partial charge on any atom is 0.326 e. The summed E-state index contributed by atoms with van der Waals surface area (Å²) in [5, 5.41) is 13.2. The number of hydrogen-bond acceptors (Lipinski definition) is 3. The van der Waals surface area contributed by atoms with Crippen molar-refractivity contribution < 1.29 is 14.7 Å². The number of benzene rings is 2. The van der Waals surface area contributed by atoms with Crippen LogP contribution in [0, 0.1) is 5.92 Å². The van der Waals surface area contributed by atoms with Gasteiger partial charge in [-0.2, -0.15) is 0 Å². The molecule has 0 saturated heterocycles. The van der Waals surface area contributed by atoms with Crippen molar-refractivity contribution in [1.29, 1.82) is 0 Å². The maximum absolute atomic E-state index is 13.5. The molecule has 2 aromatic rings. The Hall–Kier alpha value is -2.82. The molecular formula is C24H30N2O3. The van der Waals surface area contributed by atoms with Crippen molar-refractivity contribution in [1.82, 2.24) is 4.90 Å². The van der Waals surface area contributed by atoms with Crippen LogP contribution in [0.2, 0.25) is 0 Å². The summed E-state index contributed by atoms with van der Waals surface area (Å²) in [6.07, 6.45) is 5.69. The van der Waals surface area contributed by atoms with E-state index in [1.165, 1.54) is 11.3 Å². The van der Waals surface area contributed by atoms with Gasteiger partial charge in [-0.25, -0.2) is 4.79 Å². The van der Waals surface area contributed by atoms with Crippen LogP contribution in [-0.4, -0.2) is 41.0 Å². The molecule has 29 heavy (non-hydrogen) atoms. The molecule has 1 aliphatic rings. The quantitative estimate of drug-likeness (QED) is 0.704. The second-order valence-electron chi connectivity index (χ2n) is 7.88. The summed E-state index contributed by atoms with van der Waals surface area (Å²) < 4.78 is 0. The zero-order valence-electron chi connectivity index (χ0n) is 17.0. The maximum atomic E-state index is 13.5. The number of carboxylic acid groups (broad SMARTS) is 1. The number of hydrogen-bond donors (Lipinski definition) is 2. The van der Waals surface area contributed by atoms with Gasteiger partial charge in [0, 0.05) is 19.2 Å². The number of nitrogens with zero attached hydrogens (tertiary/aromatic N) is 1. The van der Waals surface area contributed by atoms with Crippen molar-refractivity contribution in [3.05, 3.63) is 66.2 Å². The third-order valence-corrected chi connectivity index (χ3v) is 5.86. The predicted molar refractivity (Wildman–Crippen MR) is 115 cm³/mol. The number of aliphatic carboxylic acids is 1. The lowest BCUT2D eigenvalue weighted by molar-refractivity contribution is -0.149. The Labute approximate surface area is 172 Å². The molecule has 0 bridgehead atoms. The number of likely N-dealkylation sites (N-methyl/N-ethyl adjacent to an activating group) is 1. The molecule has 0 aliphatic heterocycles. The van der Waals surface area contributed by atoms with E-state index in [4.69, 9.17) is 0 Å². The van der Waals surface area contributed by atoms with Crippen molar-refractivity contribution in [2.45, 2.75) is 50.6 Å². The molecule has 5 heteroatoms. The van der Waals surface area contributed by atoms with Crippen LogP contribution in [0.1, 0.15) is 37.7 Å². The van der Waals surface area contributed by atoms with Crippen LogP contribution in [0.4, 0.5) is 5.69 Å². The molecule has 3 rings (SSSR count). The van der Waals surface area contributed by atoms with Crippen LogP contribution in [0.25, 0.3) is 0 Å². The van der Waals surface area contributed by atoms with E-state index in [0.29, 0.717) is 6.42 Å². The summed E-state index contributed by atoms with van der Waals surface area (Å²) in [5.74, 6) is -0.916. The van der Waals surface area contributed by atoms with Gasteiger partial charge in [0.05, 0.1) is 0 Å². The summed E-state index contributed by atoms with van der Waals surface area (Å²) in [5.41, 5.74) is 1.80. The summed E-state index contributed by atoms with van der Waals surface area (Å²) in [7, 11) is 1.62. The van der Waals surface area contributed by atoms with Crippen molar-refractivity contribution in [2.24, 2.45) is 5.92 Å². The highest BCUT2D eigenvalue weighted by molar-refractivity contribution is 5.89. The average Bonchev–Trinajstić information content (AvgIpc) is 2.77. The van der Waals surface area contributed by atoms with Crippen LogP contribution in [0.5, 0.6) is 0 Å². The molecule has 5 nitrogen and oxygen atoms in total. The van der Waals surface area contributed by atoms with Crippen LogP contribution in [-0.2, 0) is 16.0 Å². The Balaban J connectivity index is 1.80. The fourth-order valence-corrected chi connectivity index (χ4v) is 4.16. The summed E-state index contributed by atoms with van der Waals surface area (Å²) in [6.45, 7) is 0. The zero-order valence-corrected chi connectivity index (χ0v) is 17.0. The highest BCUT2D eigenvalue weighted by Gasteiger charge is 2.36. The topological polar surface area (TPSA) is 69.6 Å². The normalized spacial score (nSPS) is 16.6. The molecule has 2 atom stereocenters. The first-order chi connectivity index (χ1) is 14.1. The molecule has 1 unspecified atom stereocenters. The second-order valence-corrected chi connectivity index (χ2v) is 7.88. The molecule has 1 fully saturated rings. The average molecular weight is 395 g/mol. The molecule has 1 saturated carbocycles. The Morgan fingerprint density at radius 3 is 2.17 bits per heavy atom. The highest BCUT2D eigenvalue weighted by atomic mass is 16.4. The summed E-state index contributed by atoms with van der Waals surface area (Å²) in [4.78, 5) is 26.9. The number of carbonyl (C=O) groups is 2. The number of rotatable bonds is 8. The molecule has 1 amide bonds. The van der Waals surface area contributed by atoms with E-state index < -0.39 is 18.1 Å². The van der Waals surface area contributed by atoms with Crippen LogP contribution < -0.4 is 5.32 Å². The second kappa shape index (κ2) is 10.1. The largest absolute Gasteiger partial charge is 0.480 e. The number of anilines is 1. The van der Waals surface area contributed by atoms with Crippen LogP contribution in [0.3, 0.4) is 0 Å². The Bertz CT molecular complexity index is 788. The van der Waals surface area contributed by atoms with E-state index in [1.54, 1.807) is 7.05 Å². The Kier molecular flexibility index (Phi) is 7.28. The lowest BCUT2D eigenvalue weighted by atomic mass is 9.83. The molecular weight excluding hydrogens is 364 g/mol. The van der Waals surface area contributed by atoms with Gasteiger partial charge in [0.1, 0.15) is 12.1 Å². The van der Waals surface area contributed by atoms with E-state index in [9.17, 15) is 14.7 Å². The van der Waals surface area contributed by atoms with E-state index in [-0.39, 0.29) is 11.8 Å². The fourth-order valence-electron chi connectivity index (χ4n) is 4.16. The zero-order chi connectivity index (χ0) is 20.6. The van der Waals surface area contributed by atoms with Crippen molar-refractivity contribution in [2.75, 3.05) is 12.4 Å².